The minimum atomic E-state index is -0.318. The van der Waals surface area contributed by atoms with Gasteiger partial charge >= 0.3 is 0 Å². The van der Waals surface area contributed by atoms with E-state index in [4.69, 9.17) is 9.47 Å². The van der Waals surface area contributed by atoms with Crippen molar-refractivity contribution in [1.82, 2.24) is 0 Å². The van der Waals surface area contributed by atoms with Gasteiger partial charge in [-0.3, -0.25) is 0 Å². The van der Waals surface area contributed by atoms with Crippen molar-refractivity contribution in [3.63, 3.8) is 0 Å². The van der Waals surface area contributed by atoms with Crippen LogP contribution in [-0.4, -0.2) is 43.1 Å². The summed E-state index contributed by atoms with van der Waals surface area (Å²) < 4.78 is 11.6. The largest absolute Gasteiger partial charge is 0.388 e. The molecule has 114 valence electrons. The van der Waals surface area contributed by atoms with E-state index < -0.39 is 0 Å². The van der Waals surface area contributed by atoms with Crippen LogP contribution in [0.25, 0.3) is 0 Å². The van der Waals surface area contributed by atoms with Crippen molar-refractivity contribution in [3.05, 3.63) is 29.8 Å². The number of ether oxygens (including phenoxy) is 2. The molecule has 3 heterocycles. The lowest BCUT2D eigenvalue weighted by Crippen LogP contribution is -2.50. The molecule has 3 aliphatic rings. The maximum Gasteiger partial charge on any atom is 0.0956 e. The highest BCUT2D eigenvalue weighted by Crippen LogP contribution is 2.40. The van der Waals surface area contributed by atoms with Crippen molar-refractivity contribution in [2.24, 2.45) is 0 Å². The standard InChI is InChI=1S/C17H23NO3/c19-16-5-8-18(15-4-2-1-3-14(15)16)13-6-9-21-17(11-13)7-10-20-12-17/h1-4,13,16,19H,5-12H2. The summed E-state index contributed by atoms with van der Waals surface area (Å²) in [6.45, 7) is 3.30. The van der Waals surface area contributed by atoms with Crippen LogP contribution in [0.15, 0.2) is 24.3 Å². The van der Waals surface area contributed by atoms with Crippen molar-refractivity contribution in [2.45, 2.75) is 43.4 Å². The predicted molar refractivity (Wildman–Crippen MR) is 80.5 cm³/mol. The third kappa shape index (κ3) is 2.35. The van der Waals surface area contributed by atoms with Crippen LogP contribution in [-0.2, 0) is 9.47 Å². The van der Waals surface area contributed by atoms with Gasteiger partial charge in [0.2, 0.25) is 0 Å². The number of hydrogen-bond acceptors (Lipinski definition) is 4. The fourth-order valence-electron chi connectivity index (χ4n) is 4.08. The Morgan fingerprint density at radius 3 is 2.95 bits per heavy atom. The molecule has 0 aliphatic carbocycles. The number of hydrogen-bond donors (Lipinski definition) is 1. The summed E-state index contributed by atoms with van der Waals surface area (Å²) in [5.41, 5.74) is 2.22. The summed E-state index contributed by atoms with van der Waals surface area (Å²) in [6, 6.07) is 8.78. The second-order valence-electron chi connectivity index (χ2n) is 6.54. The van der Waals surface area contributed by atoms with E-state index in [0.717, 1.165) is 57.6 Å². The summed E-state index contributed by atoms with van der Waals surface area (Å²) in [6.07, 6.45) is 3.62. The number of anilines is 1. The molecule has 1 aromatic rings. The Hall–Kier alpha value is -1.10. The second-order valence-corrected chi connectivity index (χ2v) is 6.54. The van der Waals surface area contributed by atoms with Gasteiger partial charge in [-0.2, -0.15) is 0 Å². The first-order chi connectivity index (χ1) is 10.3. The van der Waals surface area contributed by atoms with Crippen LogP contribution in [0.4, 0.5) is 5.69 Å². The number of para-hydroxylation sites is 1. The lowest BCUT2D eigenvalue weighted by molar-refractivity contribution is -0.0862. The second kappa shape index (κ2) is 5.27. The van der Waals surface area contributed by atoms with Gasteiger partial charge in [0.25, 0.3) is 0 Å². The fraction of sp³-hybridized carbons (Fsp3) is 0.647. The molecule has 1 N–H and O–H groups in total. The summed E-state index contributed by atoms with van der Waals surface area (Å²) in [7, 11) is 0. The van der Waals surface area contributed by atoms with Crippen LogP contribution in [0.2, 0.25) is 0 Å². The molecule has 0 bridgehead atoms. The van der Waals surface area contributed by atoms with E-state index in [-0.39, 0.29) is 11.7 Å². The van der Waals surface area contributed by atoms with Gasteiger partial charge in [-0.15, -0.1) is 0 Å². The zero-order valence-corrected chi connectivity index (χ0v) is 12.3. The number of fused-ring (bicyclic) bond motifs is 1. The highest BCUT2D eigenvalue weighted by molar-refractivity contribution is 5.57. The number of nitrogens with zero attached hydrogens (tertiary/aromatic N) is 1. The smallest absolute Gasteiger partial charge is 0.0956 e. The quantitative estimate of drug-likeness (QED) is 0.861. The summed E-state index contributed by atoms with van der Waals surface area (Å²) >= 11 is 0. The van der Waals surface area contributed by atoms with Gasteiger partial charge in [-0.25, -0.2) is 0 Å². The maximum atomic E-state index is 10.2. The third-order valence-corrected chi connectivity index (χ3v) is 5.22. The maximum absolute atomic E-state index is 10.2. The minimum absolute atomic E-state index is 0.0616. The average molecular weight is 289 g/mol. The van der Waals surface area contributed by atoms with Gasteiger partial charge in [0, 0.05) is 43.5 Å². The molecule has 0 amide bonds. The Balaban J connectivity index is 1.60. The SMILES string of the molecule is OC1CCN(C2CCOC3(CCOC3)C2)c2ccccc21. The van der Waals surface area contributed by atoms with Gasteiger partial charge < -0.3 is 19.5 Å². The Morgan fingerprint density at radius 1 is 1.19 bits per heavy atom. The lowest BCUT2D eigenvalue weighted by atomic mass is 9.87. The minimum Gasteiger partial charge on any atom is -0.388 e. The molecule has 2 fully saturated rings. The molecule has 0 saturated carbocycles. The molecular formula is C17H23NO3. The Morgan fingerprint density at radius 2 is 2.10 bits per heavy atom. The van der Waals surface area contributed by atoms with E-state index in [1.807, 2.05) is 6.07 Å². The predicted octanol–water partition coefficient (Wildman–Crippen LogP) is 2.27. The molecule has 1 aromatic carbocycles. The summed E-state index contributed by atoms with van der Waals surface area (Å²) in [5.74, 6) is 0. The first-order valence-corrected chi connectivity index (χ1v) is 8.03. The van der Waals surface area contributed by atoms with E-state index in [2.05, 4.69) is 23.1 Å². The lowest BCUT2D eigenvalue weighted by Gasteiger charge is -2.45. The molecule has 2 saturated heterocycles. The number of rotatable bonds is 1. The molecular weight excluding hydrogens is 266 g/mol. The zero-order valence-electron chi connectivity index (χ0n) is 12.3. The van der Waals surface area contributed by atoms with Crippen molar-refractivity contribution in [3.8, 4) is 0 Å². The van der Waals surface area contributed by atoms with Gasteiger partial charge in [-0.1, -0.05) is 18.2 Å². The first kappa shape index (κ1) is 13.6. The monoisotopic (exact) mass is 289 g/mol. The van der Waals surface area contributed by atoms with Crippen LogP contribution in [0.5, 0.6) is 0 Å². The van der Waals surface area contributed by atoms with Gasteiger partial charge in [0.1, 0.15) is 0 Å². The first-order valence-electron chi connectivity index (χ1n) is 8.03. The molecule has 3 unspecified atom stereocenters. The number of benzene rings is 1. The van der Waals surface area contributed by atoms with E-state index in [1.54, 1.807) is 0 Å². The summed E-state index contributed by atoms with van der Waals surface area (Å²) in [5, 5.41) is 10.2. The normalized spacial score (nSPS) is 36.0. The van der Waals surface area contributed by atoms with Crippen molar-refractivity contribution >= 4 is 5.69 Å². The van der Waals surface area contributed by atoms with Gasteiger partial charge in [0.15, 0.2) is 0 Å². The van der Waals surface area contributed by atoms with Gasteiger partial charge in [-0.05, 0) is 25.3 Å². The van der Waals surface area contributed by atoms with Crippen LogP contribution in [0, 0.1) is 0 Å². The van der Waals surface area contributed by atoms with Crippen molar-refractivity contribution in [2.75, 3.05) is 31.3 Å². The van der Waals surface area contributed by atoms with Crippen LogP contribution in [0.3, 0.4) is 0 Å². The van der Waals surface area contributed by atoms with E-state index in [0.29, 0.717) is 6.04 Å². The molecule has 4 nitrogen and oxygen atoms in total. The van der Waals surface area contributed by atoms with Crippen LogP contribution >= 0.6 is 0 Å². The average Bonchev–Trinajstić information content (AvgIpc) is 2.96. The topological polar surface area (TPSA) is 41.9 Å². The molecule has 1 spiro atoms. The third-order valence-electron chi connectivity index (χ3n) is 5.22. The van der Waals surface area contributed by atoms with Crippen molar-refractivity contribution in [1.29, 1.82) is 0 Å². The molecule has 3 aliphatic heterocycles. The summed E-state index contributed by atoms with van der Waals surface area (Å²) in [4.78, 5) is 2.49. The van der Waals surface area contributed by atoms with E-state index >= 15 is 0 Å². The van der Waals surface area contributed by atoms with Crippen LogP contribution in [0.1, 0.15) is 37.4 Å². The van der Waals surface area contributed by atoms with E-state index in [9.17, 15) is 5.11 Å². The van der Waals surface area contributed by atoms with Gasteiger partial charge in [0.05, 0.1) is 18.3 Å². The highest BCUT2D eigenvalue weighted by Gasteiger charge is 2.43. The highest BCUT2D eigenvalue weighted by atomic mass is 16.6. The molecule has 4 rings (SSSR count). The molecule has 0 radical (unpaired) electrons. The number of aliphatic hydroxyl groups is 1. The van der Waals surface area contributed by atoms with Crippen molar-refractivity contribution < 1.29 is 14.6 Å². The molecule has 21 heavy (non-hydrogen) atoms. The Labute approximate surface area is 125 Å². The zero-order chi connectivity index (χ0) is 14.3. The Bertz CT molecular complexity index is 513. The molecule has 0 aromatic heterocycles. The Kier molecular flexibility index (Phi) is 3.40. The number of aliphatic hydroxyl groups excluding tert-OH is 1. The molecule has 3 atom stereocenters. The fourth-order valence-corrected chi connectivity index (χ4v) is 4.08. The van der Waals surface area contributed by atoms with Crippen LogP contribution < -0.4 is 4.90 Å². The van der Waals surface area contributed by atoms with E-state index in [1.165, 1.54) is 5.69 Å². The molecule has 4 heteroatoms.